The first kappa shape index (κ1) is 28.3. The molecule has 0 saturated carbocycles. The number of hydrogen-bond donors (Lipinski definition) is 3. The molecule has 0 radical (unpaired) electrons. The van der Waals surface area contributed by atoms with Crippen LogP contribution in [-0.4, -0.2) is 75.3 Å². The van der Waals surface area contributed by atoms with E-state index < -0.39 is 54.0 Å². The van der Waals surface area contributed by atoms with Gasteiger partial charge in [0.25, 0.3) is 17.7 Å². The SMILES string of the molecule is CCC(=O)NN1C(C(=O)N[C@@H](CC(=O)O)C(=O)c2nc3cccc(OC)c3o2)=C(c2ccccc2)C(=O)N2CCCC21. The lowest BCUT2D eigenvalue weighted by Gasteiger charge is -2.42. The number of oxazole rings is 1. The molecule has 218 valence electrons. The van der Waals surface area contributed by atoms with Gasteiger partial charge in [-0.2, -0.15) is 0 Å². The first-order valence-corrected chi connectivity index (χ1v) is 13.4. The van der Waals surface area contributed by atoms with E-state index in [1.165, 1.54) is 12.1 Å². The Morgan fingerprint density at radius 1 is 1.14 bits per heavy atom. The molecule has 13 heteroatoms. The quantitative estimate of drug-likeness (QED) is 0.304. The fourth-order valence-electron chi connectivity index (χ4n) is 5.15. The van der Waals surface area contributed by atoms with E-state index in [2.05, 4.69) is 15.7 Å². The van der Waals surface area contributed by atoms with Crippen LogP contribution in [0.5, 0.6) is 5.75 Å². The van der Waals surface area contributed by atoms with Crippen molar-refractivity contribution in [3.8, 4) is 5.75 Å². The van der Waals surface area contributed by atoms with Crippen LogP contribution in [0.15, 0.2) is 58.6 Å². The molecule has 13 nitrogen and oxygen atoms in total. The normalized spacial score (nSPS) is 17.2. The number of para-hydroxylation sites is 1. The number of ketones is 1. The number of amides is 3. The summed E-state index contributed by atoms with van der Waals surface area (Å²) < 4.78 is 10.9. The summed E-state index contributed by atoms with van der Waals surface area (Å²) in [7, 11) is 1.42. The number of nitrogens with zero attached hydrogens (tertiary/aromatic N) is 3. The number of aromatic nitrogens is 1. The smallest absolute Gasteiger partial charge is 0.305 e. The van der Waals surface area contributed by atoms with Gasteiger partial charge in [0.2, 0.25) is 11.7 Å². The fourth-order valence-corrected chi connectivity index (χ4v) is 5.15. The van der Waals surface area contributed by atoms with E-state index in [0.717, 1.165) is 0 Å². The number of methoxy groups -OCH3 is 1. The van der Waals surface area contributed by atoms with Crippen molar-refractivity contribution < 1.29 is 38.2 Å². The third-order valence-corrected chi connectivity index (χ3v) is 7.13. The van der Waals surface area contributed by atoms with Crippen LogP contribution in [0.2, 0.25) is 0 Å². The minimum Gasteiger partial charge on any atom is -0.493 e. The van der Waals surface area contributed by atoms with Gasteiger partial charge in [-0.15, -0.1) is 0 Å². The van der Waals surface area contributed by atoms with E-state index in [9.17, 15) is 29.1 Å². The number of rotatable bonds is 10. The van der Waals surface area contributed by atoms with E-state index in [1.54, 1.807) is 60.4 Å². The van der Waals surface area contributed by atoms with Crippen LogP contribution < -0.4 is 15.5 Å². The van der Waals surface area contributed by atoms with Gasteiger partial charge in [0.15, 0.2) is 11.3 Å². The number of carboxylic acids is 1. The summed E-state index contributed by atoms with van der Waals surface area (Å²) in [6.45, 7) is 2.07. The van der Waals surface area contributed by atoms with Gasteiger partial charge in [-0.05, 0) is 30.5 Å². The molecule has 0 aliphatic carbocycles. The Labute approximate surface area is 240 Å². The van der Waals surface area contributed by atoms with Gasteiger partial charge in [-0.25, -0.2) is 4.98 Å². The summed E-state index contributed by atoms with van der Waals surface area (Å²) in [4.78, 5) is 71.5. The van der Waals surface area contributed by atoms with Crippen LogP contribution in [0.25, 0.3) is 16.7 Å². The van der Waals surface area contributed by atoms with E-state index in [1.807, 2.05) is 0 Å². The summed E-state index contributed by atoms with van der Waals surface area (Å²) in [5.41, 5.74) is 3.46. The molecule has 1 fully saturated rings. The second kappa shape index (κ2) is 11.7. The number of aliphatic carboxylic acids is 1. The lowest BCUT2D eigenvalue weighted by molar-refractivity contribution is -0.139. The first-order chi connectivity index (χ1) is 20.2. The van der Waals surface area contributed by atoms with Gasteiger partial charge in [0.1, 0.15) is 23.4 Å². The Hall–Kier alpha value is -5.20. The highest BCUT2D eigenvalue weighted by Crippen LogP contribution is 2.36. The molecule has 1 aromatic heterocycles. The number of carbonyl (C=O) groups is 5. The van der Waals surface area contributed by atoms with Crippen molar-refractivity contribution in [2.45, 2.75) is 44.8 Å². The van der Waals surface area contributed by atoms with Crippen molar-refractivity contribution in [2.75, 3.05) is 13.7 Å². The molecule has 2 aromatic carbocycles. The molecular formula is C29H29N5O8. The molecule has 3 heterocycles. The average molecular weight is 576 g/mol. The Morgan fingerprint density at radius 2 is 1.90 bits per heavy atom. The molecule has 1 unspecified atom stereocenters. The van der Waals surface area contributed by atoms with Crippen LogP contribution in [0, 0.1) is 0 Å². The summed E-state index contributed by atoms with van der Waals surface area (Å²) in [5.74, 6) is -4.08. The number of carboxylic acid groups (broad SMARTS) is 1. The monoisotopic (exact) mass is 575 g/mol. The molecule has 2 aliphatic rings. The molecule has 5 rings (SSSR count). The minimum atomic E-state index is -1.61. The fraction of sp³-hybridized carbons (Fsp3) is 0.310. The largest absolute Gasteiger partial charge is 0.493 e. The zero-order valence-electron chi connectivity index (χ0n) is 23.0. The van der Waals surface area contributed by atoms with Gasteiger partial charge in [-0.3, -0.25) is 34.4 Å². The first-order valence-electron chi connectivity index (χ1n) is 13.4. The molecule has 0 bridgehead atoms. The lowest BCUT2D eigenvalue weighted by Crippen LogP contribution is -2.60. The highest BCUT2D eigenvalue weighted by Gasteiger charge is 2.46. The van der Waals surface area contributed by atoms with Gasteiger partial charge in [-0.1, -0.05) is 43.3 Å². The van der Waals surface area contributed by atoms with Crippen molar-refractivity contribution in [1.82, 2.24) is 25.6 Å². The molecule has 3 N–H and O–H groups in total. The second-order valence-electron chi connectivity index (χ2n) is 9.79. The van der Waals surface area contributed by atoms with Gasteiger partial charge in [0.05, 0.1) is 19.1 Å². The summed E-state index contributed by atoms with van der Waals surface area (Å²) in [6.07, 6.45) is -0.198. The zero-order chi connectivity index (χ0) is 30.0. The maximum Gasteiger partial charge on any atom is 0.305 e. The van der Waals surface area contributed by atoms with Crippen LogP contribution in [0.4, 0.5) is 0 Å². The van der Waals surface area contributed by atoms with Crippen molar-refractivity contribution in [2.24, 2.45) is 0 Å². The standard InChI is InChI=1S/C29H29N5O8/c1-3-20(35)32-34-21-13-8-14-33(21)29(40)23(16-9-5-4-6-10-16)24(34)27(39)30-18(15-22(36)37)25(38)28-31-17-11-7-12-19(41-2)26(17)42-28/h4-7,9-12,18,21H,3,8,13-15H2,1-2H3,(H,30,39)(H,32,35)(H,36,37)/t18-,21?/m0/s1. The van der Waals surface area contributed by atoms with Crippen LogP contribution in [-0.2, 0) is 19.2 Å². The Morgan fingerprint density at radius 3 is 2.60 bits per heavy atom. The van der Waals surface area contributed by atoms with E-state index in [4.69, 9.17) is 9.15 Å². The molecule has 3 aromatic rings. The third kappa shape index (κ3) is 5.28. The van der Waals surface area contributed by atoms with E-state index in [-0.39, 0.29) is 23.3 Å². The van der Waals surface area contributed by atoms with E-state index >= 15 is 0 Å². The summed E-state index contributed by atoms with van der Waals surface area (Å²) in [5, 5.41) is 13.4. The number of nitrogens with one attached hydrogen (secondary N) is 2. The molecule has 0 spiro atoms. The minimum absolute atomic E-state index is 0.00998. The molecular weight excluding hydrogens is 546 g/mol. The van der Waals surface area contributed by atoms with Crippen molar-refractivity contribution >= 4 is 46.1 Å². The Balaban J connectivity index is 1.58. The van der Waals surface area contributed by atoms with Crippen molar-refractivity contribution in [3.05, 3.63) is 65.7 Å². The van der Waals surface area contributed by atoms with Crippen molar-refractivity contribution in [3.63, 3.8) is 0 Å². The predicted molar refractivity (Wildman–Crippen MR) is 147 cm³/mol. The molecule has 42 heavy (non-hydrogen) atoms. The molecule has 1 saturated heterocycles. The molecule has 3 amide bonds. The molecule has 2 aliphatic heterocycles. The third-order valence-electron chi connectivity index (χ3n) is 7.13. The van der Waals surface area contributed by atoms with Gasteiger partial charge in [0, 0.05) is 13.0 Å². The number of Topliss-reactive ketones (excluding diaryl/α,β-unsaturated/α-hetero) is 1. The van der Waals surface area contributed by atoms with Crippen LogP contribution in [0.3, 0.4) is 0 Å². The summed E-state index contributed by atoms with van der Waals surface area (Å²) in [6, 6.07) is 11.7. The van der Waals surface area contributed by atoms with Crippen molar-refractivity contribution in [1.29, 1.82) is 0 Å². The number of ether oxygens (including phenoxy) is 1. The Kier molecular flexibility index (Phi) is 7.91. The number of carbonyl (C=O) groups excluding carboxylic acids is 4. The van der Waals surface area contributed by atoms with E-state index in [0.29, 0.717) is 36.2 Å². The zero-order valence-corrected chi connectivity index (χ0v) is 23.0. The number of fused-ring (bicyclic) bond motifs is 2. The second-order valence-corrected chi connectivity index (χ2v) is 9.79. The number of benzene rings is 2. The maximum absolute atomic E-state index is 14.0. The van der Waals surface area contributed by atoms with Gasteiger partial charge < -0.3 is 24.5 Å². The van der Waals surface area contributed by atoms with Gasteiger partial charge >= 0.3 is 5.97 Å². The number of hydrazine groups is 1. The topological polar surface area (TPSA) is 171 Å². The highest BCUT2D eigenvalue weighted by atomic mass is 16.5. The van der Waals surface area contributed by atoms with Crippen LogP contribution >= 0.6 is 0 Å². The Bertz CT molecular complexity index is 1600. The highest BCUT2D eigenvalue weighted by molar-refractivity contribution is 6.26. The lowest BCUT2D eigenvalue weighted by atomic mass is 9.98. The predicted octanol–water partition coefficient (Wildman–Crippen LogP) is 2.10. The van der Waals surface area contributed by atoms with Crippen LogP contribution in [0.1, 0.15) is 48.9 Å². The maximum atomic E-state index is 14.0. The average Bonchev–Trinajstić information content (AvgIpc) is 3.66. The molecule has 2 atom stereocenters. The summed E-state index contributed by atoms with van der Waals surface area (Å²) >= 11 is 0. The number of hydrogen-bond acceptors (Lipinski definition) is 9.